The largest absolute Gasteiger partial charge is 0.326 e. The number of hydrogen-bond acceptors (Lipinski definition) is 4. The SMILES string of the molecule is NCc1ccc(S(=O)(=O)NCc2sccc2Br)c(F)c1. The number of nitrogens with two attached hydrogens (primary N) is 1. The van der Waals surface area contributed by atoms with E-state index in [4.69, 9.17) is 5.73 Å². The number of halogens is 2. The second-order valence-electron chi connectivity index (χ2n) is 3.99. The summed E-state index contributed by atoms with van der Waals surface area (Å²) in [7, 11) is -3.89. The van der Waals surface area contributed by atoms with Gasteiger partial charge in [0.05, 0.1) is 0 Å². The van der Waals surface area contributed by atoms with Crippen molar-refractivity contribution in [2.24, 2.45) is 5.73 Å². The average molecular weight is 379 g/mol. The number of hydrogen-bond donors (Lipinski definition) is 2. The molecule has 8 heteroatoms. The quantitative estimate of drug-likeness (QED) is 0.839. The van der Waals surface area contributed by atoms with Gasteiger partial charge < -0.3 is 5.73 Å². The molecule has 0 aliphatic rings. The van der Waals surface area contributed by atoms with E-state index < -0.39 is 15.8 Å². The molecule has 3 N–H and O–H groups in total. The van der Waals surface area contributed by atoms with Crippen molar-refractivity contribution >= 4 is 37.3 Å². The van der Waals surface area contributed by atoms with Crippen molar-refractivity contribution in [3.8, 4) is 0 Å². The Bertz CT molecular complexity index is 716. The van der Waals surface area contributed by atoms with E-state index in [1.54, 1.807) is 0 Å². The Kier molecular flexibility index (Phi) is 4.92. The highest BCUT2D eigenvalue weighted by atomic mass is 79.9. The number of sulfonamides is 1. The van der Waals surface area contributed by atoms with Crippen LogP contribution in [-0.4, -0.2) is 8.42 Å². The predicted octanol–water partition coefficient (Wildman–Crippen LogP) is 2.59. The summed E-state index contributed by atoms with van der Waals surface area (Å²) in [5.41, 5.74) is 5.93. The molecule has 0 saturated carbocycles. The lowest BCUT2D eigenvalue weighted by atomic mass is 10.2. The average Bonchev–Trinajstić information content (AvgIpc) is 2.81. The minimum Gasteiger partial charge on any atom is -0.326 e. The highest BCUT2D eigenvalue weighted by molar-refractivity contribution is 9.10. The van der Waals surface area contributed by atoms with Crippen molar-refractivity contribution in [3.05, 3.63) is 50.4 Å². The monoisotopic (exact) mass is 378 g/mol. The van der Waals surface area contributed by atoms with Gasteiger partial charge in [-0.25, -0.2) is 17.5 Å². The van der Waals surface area contributed by atoms with E-state index in [0.717, 1.165) is 15.4 Å². The van der Waals surface area contributed by atoms with Gasteiger partial charge in [0, 0.05) is 22.4 Å². The first-order valence-electron chi connectivity index (χ1n) is 5.64. The first kappa shape index (κ1) is 15.6. The molecule has 0 atom stereocenters. The molecule has 0 aliphatic carbocycles. The van der Waals surface area contributed by atoms with Crippen LogP contribution >= 0.6 is 27.3 Å². The topological polar surface area (TPSA) is 72.2 Å². The molecule has 108 valence electrons. The predicted molar refractivity (Wildman–Crippen MR) is 80.3 cm³/mol. The lowest BCUT2D eigenvalue weighted by Gasteiger charge is -2.08. The summed E-state index contributed by atoms with van der Waals surface area (Å²) in [6.45, 7) is 0.269. The van der Waals surface area contributed by atoms with Crippen molar-refractivity contribution in [1.82, 2.24) is 4.72 Å². The van der Waals surface area contributed by atoms with Crippen LogP contribution in [0.3, 0.4) is 0 Å². The molecule has 20 heavy (non-hydrogen) atoms. The summed E-state index contributed by atoms with van der Waals surface area (Å²) < 4.78 is 41.1. The summed E-state index contributed by atoms with van der Waals surface area (Å²) in [5, 5.41) is 1.84. The zero-order valence-electron chi connectivity index (χ0n) is 10.3. The third-order valence-corrected chi connectivity index (χ3v) is 6.00. The Balaban J connectivity index is 2.20. The second kappa shape index (κ2) is 6.31. The summed E-state index contributed by atoms with van der Waals surface area (Å²) in [4.78, 5) is 0.454. The Morgan fingerprint density at radius 1 is 1.35 bits per heavy atom. The maximum Gasteiger partial charge on any atom is 0.243 e. The molecule has 1 aromatic heterocycles. The Morgan fingerprint density at radius 3 is 2.65 bits per heavy atom. The molecule has 1 heterocycles. The van der Waals surface area contributed by atoms with Gasteiger partial charge in [-0.2, -0.15) is 0 Å². The maximum atomic E-state index is 13.8. The second-order valence-corrected chi connectivity index (χ2v) is 7.58. The van der Waals surface area contributed by atoms with Crippen LogP contribution in [0.2, 0.25) is 0 Å². The molecule has 0 amide bonds. The first-order valence-corrected chi connectivity index (χ1v) is 8.79. The van der Waals surface area contributed by atoms with E-state index in [-0.39, 0.29) is 18.0 Å². The van der Waals surface area contributed by atoms with Crippen LogP contribution < -0.4 is 10.5 Å². The highest BCUT2D eigenvalue weighted by Crippen LogP contribution is 2.23. The normalized spacial score (nSPS) is 11.8. The molecule has 0 bridgehead atoms. The minimum absolute atomic E-state index is 0.110. The van der Waals surface area contributed by atoms with Gasteiger partial charge in [-0.3, -0.25) is 0 Å². The van der Waals surface area contributed by atoms with Gasteiger partial charge in [-0.1, -0.05) is 6.07 Å². The number of rotatable bonds is 5. The van der Waals surface area contributed by atoms with Crippen molar-refractivity contribution in [3.63, 3.8) is 0 Å². The van der Waals surface area contributed by atoms with Crippen molar-refractivity contribution in [2.75, 3.05) is 0 Å². The molecule has 2 aromatic rings. The zero-order valence-corrected chi connectivity index (χ0v) is 13.5. The van der Waals surface area contributed by atoms with E-state index in [2.05, 4.69) is 20.7 Å². The summed E-state index contributed by atoms with van der Waals surface area (Å²) in [6.07, 6.45) is 0. The van der Waals surface area contributed by atoms with Gasteiger partial charge in [0.1, 0.15) is 10.7 Å². The van der Waals surface area contributed by atoms with Crippen LogP contribution in [0.4, 0.5) is 4.39 Å². The number of nitrogens with one attached hydrogen (secondary N) is 1. The molecular weight excluding hydrogens is 367 g/mol. The molecule has 1 aromatic carbocycles. The van der Waals surface area contributed by atoms with Crippen molar-refractivity contribution in [1.29, 1.82) is 0 Å². The van der Waals surface area contributed by atoms with Crippen LogP contribution in [0.25, 0.3) is 0 Å². The van der Waals surface area contributed by atoms with Crippen LogP contribution in [0.5, 0.6) is 0 Å². The molecular formula is C12H12BrFN2O2S2. The highest BCUT2D eigenvalue weighted by Gasteiger charge is 2.19. The molecule has 0 fully saturated rings. The smallest absolute Gasteiger partial charge is 0.243 e. The molecule has 0 aliphatic heterocycles. The van der Waals surface area contributed by atoms with Gasteiger partial charge >= 0.3 is 0 Å². The van der Waals surface area contributed by atoms with Crippen molar-refractivity contribution in [2.45, 2.75) is 18.0 Å². The summed E-state index contributed by atoms with van der Waals surface area (Å²) in [6, 6.07) is 5.68. The standard InChI is InChI=1S/C12H12BrFN2O2S2/c13-9-3-4-19-11(9)7-16-20(17,18)12-2-1-8(6-15)5-10(12)14/h1-5,16H,6-7,15H2. The van der Waals surface area contributed by atoms with E-state index in [9.17, 15) is 12.8 Å². The maximum absolute atomic E-state index is 13.8. The van der Waals surface area contributed by atoms with Crippen LogP contribution in [-0.2, 0) is 23.1 Å². The van der Waals surface area contributed by atoms with Crippen LogP contribution in [0, 0.1) is 5.82 Å². The van der Waals surface area contributed by atoms with Gasteiger partial charge in [0.2, 0.25) is 10.0 Å². The van der Waals surface area contributed by atoms with Crippen LogP contribution in [0.15, 0.2) is 39.0 Å². The number of benzene rings is 1. The van der Waals surface area contributed by atoms with Crippen molar-refractivity contribution < 1.29 is 12.8 Å². The fourth-order valence-corrected chi connectivity index (χ4v) is 4.16. The van der Waals surface area contributed by atoms with E-state index in [0.29, 0.717) is 5.56 Å². The van der Waals surface area contributed by atoms with E-state index in [1.165, 1.54) is 23.5 Å². The number of thiophene rings is 1. The molecule has 2 rings (SSSR count). The molecule has 0 saturated heterocycles. The van der Waals surface area contributed by atoms with Gasteiger partial charge in [0.25, 0.3) is 0 Å². The third-order valence-electron chi connectivity index (χ3n) is 2.64. The Morgan fingerprint density at radius 2 is 2.10 bits per heavy atom. The van der Waals surface area contributed by atoms with Gasteiger partial charge in [0.15, 0.2) is 0 Å². The Hall–Kier alpha value is -0.800. The lowest BCUT2D eigenvalue weighted by molar-refractivity contribution is 0.556. The van der Waals surface area contributed by atoms with Gasteiger partial charge in [-0.05, 0) is 45.1 Å². The van der Waals surface area contributed by atoms with Gasteiger partial charge in [-0.15, -0.1) is 11.3 Å². The van der Waals surface area contributed by atoms with Crippen LogP contribution in [0.1, 0.15) is 10.4 Å². The minimum atomic E-state index is -3.89. The summed E-state index contributed by atoms with van der Waals surface area (Å²) >= 11 is 4.72. The third kappa shape index (κ3) is 3.44. The summed E-state index contributed by atoms with van der Waals surface area (Å²) in [5.74, 6) is -0.800. The molecule has 0 unspecified atom stereocenters. The van der Waals surface area contributed by atoms with E-state index >= 15 is 0 Å². The molecule has 4 nitrogen and oxygen atoms in total. The lowest BCUT2D eigenvalue weighted by Crippen LogP contribution is -2.24. The molecule has 0 spiro atoms. The zero-order chi connectivity index (χ0) is 14.8. The first-order chi connectivity index (χ1) is 9.44. The van der Waals surface area contributed by atoms with E-state index in [1.807, 2.05) is 11.4 Å². The fraction of sp³-hybridized carbons (Fsp3) is 0.167. The Labute approximate surface area is 129 Å². The molecule has 0 radical (unpaired) electrons. The fourth-order valence-electron chi connectivity index (χ4n) is 1.58.